The Morgan fingerprint density at radius 3 is 2.56 bits per heavy atom. The number of aromatic hydroxyl groups is 1. The Hall–Kier alpha value is -2.86. The third kappa shape index (κ3) is 4.65. The standard InChI is InChI=1S/C20H23N3O2.CH5N/c1-4-15(11-19-13(2)21-22-14(19)3)20(25)23-10-9-17(12-23)16-5-7-18(24)8-6-16;1-2/h4-8,11,17,24H,1,9-10,12H2,2-3H3,(H,21,22);2H2,1H3/b15-11+;. The molecule has 1 unspecified atom stereocenters. The Labute approximate surface area is 160 Å². The van der Waals surface area contributed by atoms with Gasteiger partial charge in [0.25, 0.3) is 5.91 Å². The maximum absolute atomic E-state index is 12.9. The fraction of sp³-hybridized carbons (Fsp3) is 0.333. The van der Waals surface area contributed by atoms with Gasteiger partial charge < -0.3 is 15.7 Å². The number of aromatic nitrogens is 2. The number of carbonyl (C=O) groups is 1. The van der Waals surface area contributed by atoms with Crippen LogP contribution in [0.1, 0.15) is 34.9 Å². The molecule has 4 N–H and O–H groups in total. The summed E-state index contributed by atoms with van der Waals surface area (Å²) < 4.78 is 0. The lowest BCUT2D eigenvalue weighted by molar-refractivity contribution is -0.125. The summed E-state index contributed by atoms with van der Waals surface area (Å²) in [6, 6.07) is 7.24. The Bertz CT molecular complexity index is 802. The van der Waals surface area contributed by atoms with Crippen molar-refractivity contribution in [2.24, 2.45) is 5.73 Å². The second kappa shape index (κ2) is 9.19. The fourth-order valence-corrected chi connectivity index (χ4v) is 3.28. The van der Waals surface area contributed by atoms with Crippen molar-refractivity contribution in [2.45, 2.75) is 26.2 Å². The first-order valence-corrected chi connectivity index (χ1v) is 9.01. The molecule has 1 fully saturated rings. The van der Waals surface area contributed by atoms with Crippen LogP contribution in [0, 0.1) is 13.8 Å². The molecule has 144 valence electrons. The van der Waals surface area contributed by atoms with E-state index in [0.29, 0.717) is 18.0 Å². The van der Waals surface area contributed by atoms with Crippen molar-refractivity contribution >= 4 is 12.0 Å². The number of nitrogens with zero attached hydrogens (tertiary/aromatic N) is 2. The van der Waals surface area contributed by atoms with Crippen LogP contribution in [0.25, 0.3) is 6.08 Å². The molecule has 1 atom stereocenters. The Morgan fingerprint density at radius 2 is 2.00 bits per heavy atom. The summed E-state index contributed by atoms with van der Waals surface area (Å²) in [6.45, 7) is 9.06. The lowest BCUT2D eigenvalue weighted by Crippen LogP contribution is -2.29. The van der Waals surface area contributed by atoms with Crippen LogP contribution < -0.4 is 5.73 Å². The van der Waals surface area contributed by atoms with Crippen molar-refractivity contribution in [3.63, 3.8) is 0 Å². The molecule has 0 aliphatic carbocycles. The second-order valence-corrected chi connectivity index (χ2v) is 6.48. The number of hydrogen-bond acceptors (Lipinski definition) is 4. The lowest BCUT2D eigenvalue weighted by Gasteiger charge is -2.17. The van der Waals surface area contributed by atoms with Crippen LogP contribution >= 0.6 is 0 Å². The molecule has 2 aromatic rings. The molecule has 1 aromatic carbocycles. The first-order valence-electron chi connectivity index (χ1n) is 9.01. The van der Waals surface area contributed by atoms with Crippen molar-refractivity contribution in [2.75, 3.05) is 20.1 Å². The molecule has 6 heteroatoms. The minimum absolute atomic E-state index is 0.00345. The molecule has 3 rings (SSSR count). The van der Waals surface area contributed by atoms with E-state index in [4.69, 9.17) is 0 Å². The summed E-state index contributed by atoms with van der Waals surface area (Å²) in [7, 11) is 1.50. The molecule has 6 nitrogen and oxygen atoms in total. The minimum Gasteiger partial charge on any atom is -0.508 e. The summed E-state index contributed by atoms with van der Waals surface area (Å²) in [5, 5.41) is 16.5. The summed E-state index contributed by atoms with van der Waals surface area (Å²) in [5.74, 6) is 0.557. The van der Waals surface area contributed by atoms with Crippen LogP contribution in [0.5, 0.6) is 5.75 Å². The molecule has 0 bridgehead atoms. The highest BCUT2D eigenvalue weighted by atomic mass is 16.3. The number of aryl methyl sites for hydroxylation is 2. The summed E-state index contributed by atoms with van der Waals surface area (Å²) in [4.78, 5) is 14.7. The number of carbonyl (C=O) groups excluding carboxylic acids is 1. The van der Waals surface area contributed by atoms with E-state index in [-0.39, 0.29) is 11.7 Å². The number of nitrogens with one attached hydrogen (secondary N) is 1. The molecule has 1 aliphatic rings. The average Bonchev–Trinajstić information content (AvgIpc) is 3.29. The molecule has 1 saturated heterocycles. The molecular weight excluding hydrogens is 340 g/mol. The van der Waals surface area contributed by atoms with Crippen LogP contribution in [0.4, 0.5) is 0 Å². The molecule has 1 aliphatic heterocycles. The summed E-state index contributed by atoms with van der Waals surface area (Å²) >= 11 is 0. The molecule has 2 heterocycles. The highest BCUT2D eigenvalue weighted by Gasteiger charge is 2.28. The Kier molecular flexibility index (Phi) is 6.96. The number of aromatic amines is 1. The van der Waals surface area contributed by atoms with E-state index in [0.717, 1.165) is 35.5 Å². The molecule has 1 amide bonds. The van der Waals surface area contributed by atoms with Gasteiger partial charge in [-0.2, -0.15) is 5.10 Å². The van der Waals surface area contributed by atoms with Gasteiger partial charge in [0.1, 0.15) is 5.75 Å². The van der Waals surface area contributed by atoms with Crippen LogP contribution in [0.15, 0.2) is 42.5 Å². The number of phenolic OH excluding ortho intramolecular Hbond substituents is 1. The number of benzene rings is 1. The van der Waals surface area contributed by atoms with Crippen molar-refractivity contribution in [3.05, 3.63) is 65.0 Å². The van der Waals surface area contributed by atoms with E-state index in [1.165, 1.54) is 7.05 Å². The number of likely N-dealkylation sites (tertiary alicyclic amines) is 1. The topological polar surface area (TPSA) is 95.2 Å². The molecule has 1 aromatic heterocycles. The van der Waals surface area contributed by atoms with E-state index in [1.54, 1.807) is 18.2 Å². The first-order chi connectivity index (χ1) is 13.0. The van der Waals surface area contributed by atoms with Gasteiger partial charge in [-0.15, -0.1) is 0 Å². The first kappa shape index (κ1) is 20.5. The number of hydrogen-bond donors (Lipinski definition) is 3. The van der Waals surface area contributed by atoms with Gasteiger partial charge in [-0.3, -0.25) is 9.89 Å². The number of amides is 1. The summed E-state index contributed by atoms with van der Waals surface area (Å²) in [6.07, 6.45) is 4.39. The molecule has 0 radical (unpaired) electrons. The quantitative estimate of drug-likeness (QED) is 0.571. The van der Waals surface area contributed by atoms with Crippen molar-refractivity contribution in [3.8, 4) is 5.75 Å². The predicted molar refractivity (Wildman–Crippen MR) is 108 cm³/mol. The van der Waals surface area contributed by atoms with Crippen LogP contribution in [0.3, 0.4) is 0 Å². The van der Waals surface area contributed by atoms with Gasteiger partial charge in [0.05, 0.1) is 5.69 Å². The third-order valence-corrected chi connectivity index (χ3v) is 4.79. The smallest absolute Gasteiger partial charge is 0.253 e. The normalized spacial score (nSPS) is 16.7. The van der Waals surface area contributed by atoms with E-state index in [1.807, 2.05) is 37.0 Å². The zero-order valence-electron chi connectivity index (χ0n) is 16.2. The van der Waals surface area contributed by atoms with E-state index >= 15 is 0 Å². The van der Waals surface area contributed by atoms with Crippen molar-refractivity contribution < 1.29 is 9.90 Å². The summed E-state index contributed by atoms with van der Waals surface area (Å²) in [5.41, 5.74) is 8.98. The predicted octanol–water partition coefficient (Wildman–Crippen LogP) is 2.89. The van der Waals surface area contributed by atoms with E-state index < -0.39 is 0 Å². The number of H-pyrrole nitrogens is 1. The van der Waals surface area contributed by atoms with Crippen LogP contribution in [0.2, 0.25) is 0 Å². The van der Waals surface area contributed by atoms with Crippen molar-refractivity contribution in [1.82, 2.24) is 15.1 Å². The SMILES string of the molecule is C=C/C(=C\c1c(C)n[nH]c1C)C(=O)N1CCC(c2ccc(O)cc2)C1.CN. The zero-order valence-corrected chi connectivity index (χ0v) is 16.2. The van der Waals surface area contributed by atoms with Gasteiger partial charge in [0.2, 0.25) is 0 Å². The number of rotatable bonds is 4. The molecular formula is C21H28N4O2. The highest BCUT2D eigenvalue weighted by molar-refractivity contribution is 6.00. The van der Waals surface area contributed by atoms with Crippen molar-refractivity contribution in [1.29, 1.82) is 0 Å². The molecule has 27 heavy (non-hydrogen) atoms. The number of nitrogens with two attached hydrogens (primary N) is 1. The van der Waals surface area contributed by atoms with Gasteiger partial charge >= 0.3 is 0 Å². The van der Waals surface area contributed by atoms with Gasteiger partial charge in [0.15, 0.2) is 0 Å². The second-order valence-electron chi connectivity index (χ2n) is 6.48. The third-order valence-electron chi connectivity index (χ3n) is 4.79. The maximum Gasteiger partial charge on any atom is 0.253 e. The van der Waals surface area contributed by atoms with Gasteiger partial charge in [-0.1, -0.05) is 24.8 Å². The molecule has 0 spiro atoms. The van der Waals surface area contributed by atoms with Gasteiger partial charge in [-0.05, 0) is 51.1 Å². The zero-order chi connectivity index (χ0) is 20.0. The minimum atomic E-state index is -0.00345. The monoisotopic (exact) mass is 368 g/mol. The van der Waals surface area contributed by atoms with Gasteiger partial charge in [-0.25, -0.2) is 0 Å². The van der Waals surface area contributed by atoms with E-state index in [9.17, 15) is 9.90 Å². The maximum atomic E-state index is 12.9. The number of phenols is 1. The average molecular weight is 368 g/mol. The van der Waals surface area contributed by atoms with E-state index in [2.05, 4.69) is 22.5 Å². The van der Waals surface area contributed by atoms with Gasteiger partial charge in [0, 0.05) is 35.8 Å². The highest BCUT2D eigenvalue weighted by Crippen LogP contribution is 2.29. The van der Waals surface area contributed by atoms with Crippen LogP contribution in [-0.2, 0) is 4.79 Å². The van der Waals surface area contributed by atoms with Crippen LogP contribution in [-0.4, -0.2) is 46.2 Å². The Morgan fingerprint density at radius 1 is 1.33 bits per heavy atom. The largest absolute Gasteiger partial charge is 0.508 e. The lowest BCUT2D eigenvalue weighted by atomic mass is 9.98. The fourth-order valence-electron chi connectivity index (χ4n) is 3.28. The Balaban J connectivity index is 0.00000126. The molecule has 0 saturated carbocycles.